The number of amides is 1. The lowest BCUT2D eigenvalue weighted by atomic mass is 10.2. The molecule has 0 aromatic carbocycles. The minimum absolute atomic E-state index is 0.113. The highest BCUT2D eigenvalue weighted by Gasteiger charge is 2.23. The number of aliphatic hydroxyl groups excluding tert-OH is 1. The van der Waals surface area contributed by atoms with E-state index in [1.54, 1.807) is 11.1 Å². The number of aryl methyl sites for hydroxylation is 1. The Balaban J connectivity index is 1.80. The molecule has 1 fully saturated rings. The van der Waals surface area contributed by atoms with Crippen molar-refractivity contribution >= 4 is 5.91 Å². The second-order valence-electron chi connectivity index (χ2n) is 4.10. The molecule has 0 radical (unpaired) electrons. The molecule has 4 nitrogen and oxygen atoms in total. The topological polar surface area (TPSA) is 53.4 Å². The van der Waals surface area contributed by atoms with Gasteiger partial charge in [0.15, 0.2) is 0 Å². The van der Waals surface area contributed by atoms with Crippen LogP contribution in [0.25, 0.3) is 0 Å². The molecule has 1 atom stereocenters. The van der Waals surface area contributed by atoms with Crippen molar-refractivity contribution in [3.8, 4) is 0 Å². The first-order valence-corrected chi connectivity index (χ1v) is 5.61. The van der Waals surface area contributed by atoms with Gasteiger partial charge in [-0.2, -0.15) is 0 Å². The summed E-state index contributed by atoms with van der Waals surface area (Å²) in [6, 6.07) is 5.71. The third kappa shape index (κ3) is 2.79. The normalized spacial score (nSPS) is 20.1. The van der Waals surface area contributed by atoms with Crippen LogP contribution in [0.15, 0.2) is 24.4 Å². The molecular weight excluding hydrogens is 204 g/mol. The van der Waals surface area contributed by atoms with Gasteiger partial charge in [0.2, 0.25) is 5.91 Å². The van der Waals surface area contributed by atoms with Gasteiger partial charge >= 0.3 is 0 Å². The van der Waals surface area contributed by atoms with Crippen LogP contribution in [0.5, 0.6) is 0 Å². The summed E-state index contributed by atoms with van der Waals surface area (Å²) in [5.74, 6) is 0.113. The number of pyridine rings is 1. The third-order valence-electron chi connectivity index (χ3n) is 2.84. The standard InChI is InChI=1S/C12H16N2O2/c15-11-6-8-14(9-11)12(16)5-4-10-3-1-2-7-13-10/h1-3,7,11,15H,4-6,8-9H2/t11-/m1/s1. The number of nitrogens with zero attached hydrogens (tertiary/aromatic N) is 2. The average Bonchev–Trinajstić information content (AvgIpc) is 2.74. The van der Waals surface area contributed by atoms with E-state index in [1.807, 2.05) is 18.2 Å². The summed E-state index contributed by atoms with van der Waals surface area (Å²) in [6.45, 7) is 1.17. The predicted molar refractivity (Wildman–Crippen MR) is 59.8 cm³/mol. The number of rotatable bonds is 3. The third-order valence-corrected chi connectivity index (χ3v) is 2.84. The van der Waals surface area contributed by atoms with Crippen LogP contribution in [0, 0.1) is 0 Å². The van der Waals surface area contributed by atoms with Crippen molar-refractivity contribution in [1.82, 2.24) is 9.88 Å². The van der Waals surface area contributed by atoms with Crippen molar-refractivity contribution < 1.29 is 9.90 Å². The van der Waals surface area contributed by atoms with Gasteiger partial charge in [-0.1, -0.05) is 6.07 Å². The zero-order chi connectivity index (χ0) is 11.4. The zero-order valence-electron chi connectivity index (χ0n) is 9.17. The highest BCUT2D eigenvalue weighted by molar-refractivity contribution is 5.76. The molecule has 0 bridgehead atoms. The predicted octanol–water partition coefficient (Wildman–Crippen LogP) is 0.607. The van der Waals surface area contributed by atoms with Crippen molar-refractivity contribution in [3.63, 3.8) is 0 Å². The molecule has 2 rings (SSSR count). The smallest absolute Gasteiger partial charge is 0.223 e. The van der Waals surface area contributed by atoms with Crippen LogP contribution in [0.4, 0.5) is 0 Å². The van der Waals surface area contributed by atoms with E-state index in [1.165, 1.54) is 0 Å². The molecule has 1 N–H and O–H groups in total. The zero-order valence-corrected chi connectivity index (χ0v) is 9.17. The Morgan fingerprint density at radius 3 is 3.06 bits per heavy atom. The molecule has 1 saturated heterocycles. The Hall–Kier alpha value is -1.42. The summed E-state index contributed by atoms with van der Waals surface area (Å²) < 4.78 is 0. The molecule has 1 aliphatic heterocycles. The molecular formula is C12H16N2O2. The Kier molecular flexibility index (Phi) is 3.51. The minimum atomic E-state index is -0.334. The molecule has 1 amide bonds. The average molecular weight is 220 g/mol. The summed E-state index contributed by atoms with van der Waals surface area (Å²) in [7, 11) is 0. The number of aromatic nitrogens is 1. The molecule has 1 aromatic heterocycles. The molecule has 2 heterocycles. The van der Waals surface area contributed by atoms with E-state index in [2.05, 4.69) is 4.98 Å². The Bertz CT molecular complexity index is 353. The van der Waals surface area contributed by atoms with Crippen LogP contribution >= 0.6 is 0 Å². The van der Waals surface area contributed by atoms with Crippen molar-refractivity contribution in [3.05, 3.63) is 30.1 Å². The summed E-state index contributed by atoms with van der Waals surface area (Å²) >= 11 is 0. The van der Waals surface area contributed by atoms with Crippen LogP contribution in [-0.2, 0) is 11.2 Å². The summed E-state index contributed by atoms with van der Waals surface area (Å²) in [5, 5.41) is 9.33. The van der Waals surface area contributed by atoms with Gasteiger partial charge in [0.25, 0.3) is 0 Å². The molecule has 0 unspecified atom stereocenters. The fraction of sp³-hybridized carbons (Fsp3) is 0.500. The molecule has 1 aromatic rings. The molecule has 0 spiro atoms. The lowest BCUT2D eigenvalue weighted by Crippen LogP contribution is -2.29. The van der Waals surface area contributed by atoms with Gasteiger partial charge < -0.3 is 10.0 Å². The van der Waals surface area contributed by atoms with Gasteiger partial charge in [-0.25, -0.2) is 0 Å². The number of hydrogen-bond acceptors (Lipinski definition) is 3. The lowest BCUT2D eigenvalue weighted by Gasteiger charge is -2.14. The number of β-amino-alcohol motifs (C(OH)–C–C–N with tert-alkyl or cyclic N) is 1. The van der Waals surface area contributed by atoms with Crippen LogP contribution in [0.3, 0.4) is 0 Å². The maximum absolute atomic E-state index is 11.8. The van der Waals surface area contributed by atoms with Crippen molar-refractivity contribution in [1.29, 1.82) is 0 Å². The molecule has 0 aliphatic carbocycles. The van der Waals surface area contributed by atoms with Crippen molar-refractivity contribution in [2.24, 2.45) is 0 Å². The van der Waals surface area contributed by atoms with Gasteiger partial charge in [-0.05, 0) is 25.0 Å². The molecule has 0 saturated carbocycles. The second-order valence-corrected chi connectivity index (χ2v) is 4.10. The van der Waals surface area contributed by atoms with E-state index < -0.39 is 0 Å². The van der Waals surface area contributed by atoms with Crippen molar-refractivity contribution in [2.75, 3.05) is 13.1 Å². The van der Waals surface area contributed by atoms with Gasteiger partial charge in [-0.3, -0.25) is 9.78 Å². The Labute approximate surface area is 94.9 Å². The lowest BCUT2D eigenvalue weighted by molar-refractivity contribution is -0.130. The largest absolute Gasteiger partial charge is 0.391 e. The van der Waals surface area contributed by atoms with Crippen LogP contribution in [0.2, 0.25) is 0 Å². The first-order chi connectivity index (χ1) is 7.75. The number of carbonyl (C=O) groups is 1. The molecule has 1 aliphatic rings. The fourth-order valence-electron chi connectivity index (χ4n) is 1.91. The van der Waals surface area contributed by atoms with E-state index in [0.717, 1.165) is 5.69 Å². The molecule has 4 heteroatoms. The SMILES string of the molecule is O=C(CCc1ccccn1)N1CC[C@@H](O)C1. The minimum Gasteiger partial charge on any atom is -0.391 e. The fourth-order valence-corrected chi connectivity index (χ4v) is 1.91. The Morgan fingerprint density at radius 2 is 2.44 bits per heavy atom. The van der Waals surface area contributed by atoms with Gasteiger partial charge in [0.05, 0.1) is 6.10 Å². The van der Waals surface area contributed by atoms with E-state index in [0.29, 0.717) is 32.4 Å². The van der Waals surface area contributed by atoms with Gasteiger partial charge in [0.1, 0.15) is 0 Å². The van der Waals surface area contributed by atoms with Gasteiger partial charge in [0, 0.05) is 31.4 Å². The highest BCUT2D eigenvalue weighted by atomic mass is 16.3. The number of aliphatic hydroxyl groups is 1. The monoisotopic (exact) mass is 220 g/mol. The summed E-state index contributed by atoms with van der Waals surface area (Å²) in [5.41, 5.74) is 0.940. The van der Waals surface area contributed by atoms with E-state index in [-0.39, 0.29) is 12.0 Å². The molecule has 86 valence electrons. The van der Waals surface area contributed by atoms with Crippen molar-refractivity contribution in [2.45, 2.75) is 25.4 Å². The second kappa shape index (κ2) is 5.07. The first kappa shape index (κ1) is 11.1. The van der Waals surface area contributed by atoms with E-state index >= 15 is 0 Å². The van der Waals surface area contributed by atoms with E-state index in [9.17, 15) is 9.90 Å². The highest BCUT2D eigenvalue weighted by Crippen LogP contribution is 2.11. The van der Waals surface area contributed by atoms with E-state index in [4.69, 9.17) is 0 Å². The summed E-state index contributed by atoms with van der Waals surface area (Å²) in [6.07, 6.45) is 3.25. The number of hydrogen-bond donors (Lipinski definition) is 1. The maximum atomic E-state index is 11.8. The maximum Gasteiger partial charge on any atom is 0.223 e. The molecule has 16 heavy (non-hydrogen) atoms. The van der Waals surface area contributed by atoms with Crippen LogP contribution < -0.4 is 0 Å². The Morgan fingerprint density at radius 1 is 1.56 bits per heavy atom. The summed E-state index contributed by atoms with van der Waals surface area (Å²) in [4.78, 5) is 17.7. The van der Waals surface area contributed by atoms with Crippen LogP contribution in [0.1, 0.15) is 18.5 Å². The van der Waals surface area contributed by atoms with Gasteiger partial charge in [-0.15, -0.1) is 0 Å². The quantitative estimate of drug-likeness (QED) is 0.812. The number of likely N-dealkylation sites (tertiary alicyclic amines) is 1. The number of carbonyl (C=O) groups excluding carboxylic acids is 1. The van der Waals surface area contributed by atoms with Crippen LogP contribution in [-0.4, -0.2) is 40.1 Å². The first-order valence-electron chi connectivity index (χ1n) is 5.61.